The van der Waals surface area contributed by atoms with E-state index in [4.69, 9.17) is 23.2 Å². The summed E-state index contributed by atoms with van der Waals surface area (Å²) in [6.45, 7) is 0. The number of rotatable bonds is 2. The van der Waals surface area contributed by atoms with Gasteiger partial charge in [0.25, 0.3) is 5.91 Å². The molecule has 0 saturated heterocycles. The van der Waals surface area contributed by atoms with Gasteiger partial charge in [-0.3, -0.25) is 10.2 Å². The van der Waals surface area contributed by atoms with Crippen LogP contribution in [0.3, 0.4) is 0 Å². The number of carbonyl (C=O) groups excluding carboxylic acids is 1. The van der Waals surface area contributed by atoms with Crippen molar-refractivity contribution in [2.24, 2.45) is 11.6 Å². The fraction of sp³-hybridized carbons (Fsp3) is 0.125. The van der Waals surface area contributed by atoms with Crippen LogP contribution < -0.4 is 17.0 Å². The van der Waals surface area contributed by atoms with Gasteiger partial charge in [0.05, 0.1) is 0 Å². The summed E-state index contributed by atoms with van der Waals surface area (Å²) in [5, 5.41) is 0.307. The Labute approximate surface area is 85.0 Å². The number of hydrogen-bond donors (Lipinski definition) is 3. The molecular formula is C8H9ClFN3O. The predicted molar refractivity (Wildman–Crippen MR) is 50.7 cm³/mol. The van der Waals surface area contributed by atoms with E-state index in [1.807, 2.05) is 5.43 Å². The quantitative estimate of drug-likeness (QED) is 0.383. The minimum atomic E-state index is -1.15. The summed E-state index contributed by atoms with van der Waals surface area (Å²) in [7, 11) is 0. The highest BCUT2D eigenvalue weighted by Gasteiger charge is 2.18. The van der Waals surface area contributed by atoms with Gasteiger partial charge in [-0.2, -0.15) is 0 Å². The molecule has 76 valence electrons. The van der Waals surface area contributed by atoms with E-state index < -0.39 is 17.8 Å². The molecule has 5 N–H and O–H groups in total. The molecule has 0 aliphatic carbocycles. The summed E-state index contributed by atoms with van der Waals surface area (Å²) in [5.41, 5.74) is 7.28. The van der Waals surface area contributed by atoms with E-state index in [2.05, 4.69) is 0 Å². The summed E-state index contributed by atoms with van der Waals surface area (Å²) in [5.74, 6) is 3.60. The number of amides is 1. The number of hydrogen-bond acceptors (Lipinski definition) is 3. The lowest BCUT2D eigenvalue weighted by atomic mass is 10.1. The Morgan fingerprint density at radius 2 is 2.21 bits per heavy atom. The van der Waals surface area contributed by atoms with Crippen LogP contribution in [0.2, 0.25) is 5.02 Å². The largest absolute Gasteiger partial charge is 0.316 e. The van der Waals surface area contributed by atoms with E-state index in [9.17, 15) is 9.18 Å². The van der Waals surface area contributed by atoms with E-state index in [-0.39, 0.29) is 5.56 Å². The standard InChI is InChI=1S/C8H9ClFN3O/c9-4-1-2-6(10)5(3-4)7(11)8(14)13-12/h1-3,7H,11-12H2,(H,13,14). The average Bonchev–Trinajstić information content (AvgIpc) is 2.19. The van der Waals surface area contributed by atoms with E-state index in [1.165, 1.54) is 12.1 Å². The van der Waals surface area contributed by atoms with Crippen LogP contribution >= 0.6 is 11.6 Å². The first-order valence-electron chi connectivity index (χ1n) is 3.77. The summed E-state index contributed by atoms with van der Waals surface area (Å²) < 4.78 is 13.2. The highest BCUT2D eigenvalue weighted by molar-refractivity contribution is 6.30. The van der Waals surface area contributed by atoms with Crippen molar-refractivity contribution in [3.8, 4) is 0 Å². The highest BCUT2D eigenvalue weighted by atomic mass is 35.5. The van der Waals surface area contributed by atoms with Gasteiger partial charge in [0, 0.05) is 10.6 Å². The van der Waals surface area contributed by atoms with Crippen molar-refractivity contribution in [3.63, 3.8) is 0 Å². The number of carbonyl (C=O) groups is 1. The van der Waals surface area contributed by atoms with Crippen LogP contribution in [0.1, 0.15) is 11.6 Å². The van der Waals surface area contributed by atoms with E-state index in [1.54, 1.807) is 0 Å². The first kappa shape index (κ1) is 10.9. The smallest absolute Gasteiger partial charge is 0.255 e. The maximum atomic E-state index is 13.2. The molecule has 14 heavy (non-hydrogen) atoms. The number of benzene rings is 1. The third kappa shape index (κ3) is 2.20. The number of nitrogens with one attached hydrogen (secondary N) is 1. The average molecular weight is 218 g/mol. The predicted octanol–water partition coefficient (Wildman–Crippen LogP) is 0.469. The Morgan fingerprint density at radius 1 is 1.57 bits per heavy atom. The molecule has 6 heteroatoms. The van der Waals surface area contributed by atoms with Crippen LogP contribution in [0.25, 0.3) is 0 Å². The van der Waals surface area contributed by atoms with Crippen LogP contribution in [0, 0.1) is 5.82 Å². The van der Waals surface area contributed by atoms with Crippen LogP contribution in [-0.4, -0.2) is 5.91 Å². The Hall–Kier alpha value is -1.17. The maximum absolute atomic E-state index is 13.2. The summed E-state index contributed by atoms with van der Waals surface area (Å²) in [4.78, 5) is 11.0. The van der Waals surface area contributed by atoms with Crippen LogP contribution in [0.15, 0.2) is 18.2 Å². The topological polar surface area (TPSA) is 81.1 Å². The van der Waals surface area contributed by atoms with Gasteiger partial charge in [-0.05, 0) is 18.2 Å². The van der Waals surface area contributed by atoms with Gasteiger partial charge < -0.3 is 5.73 Å². The van der Waals surface area contributed by atoms with Gasteiger partial charge in [-0.25, -0.2) is 10.2 Å². The molecule has 0 saturated carbocycles. The molecule has 0 aromatic heterocycles. The van der Waals surface area contributed by atoms with Gasteiger partial charge in [0.1, 0.15) is 11.9 Å². The van der Waals surface area contributed by atoms with E-state index in [0.717, 1.165) is 6.07 Å². The van der Waals surface area contributed by atoms with Gasteiger partial charge in [-0.1, -0.05) is 11.6 Å². The molecule has 1 rings (SSSR count). The zero-order chi connectivity index (χ0) is 10.7. The Balaban J connectivity index is 3.05. The molecule has 0 bridgehead atoms. The molecule has 0 fully saturated rings. The molecule has 0 spiro atoms. The Morgan fingerprint density at radius 3 is 2.79 bits per heavy atom. The molecule has 1 amide bonds. The third-order valence-corrected chi connectivity index (χ3v) is 1.95. The molecule has 0 heterocycles. The second-order valence-electron chi connectivity index (χ2n) is 2.65. The molecule has 0 aliphatic rings. The molecule has 0 radical (unpaired) electrons. The SMILES string of the molecule is NNC(=O)C(N)c1cc(Cl)ccc1F. The third-order valence-electron chi connectivity index (χ3n) is 1.72. The fourth-order valence-electron chi connectivity index (χ4n) is 0.984. The fourth-order valence-corrected chi connectivity index (χ4v) is 1.16. The monoisotopic (exact) mass is 217 g/mol. The van der Waals surface area contributed by atoms with Gasteiger partial charge in [0.2, 0.25) is 0 Å². The van der Waals surface area contributed by atoms with E-state index >= 15 is 0 Å². The lowest BCUT2D eigenvalue weighted by Gasteiger charge is -2.11. The highest BCUT2D eigenvalue weighted by Crippen LogP contribution is 2.19. The van der Waals surface area contributed by atoms with Crippen molar-refractivity contribution in [1.29, 1.82) is 0 Å². The molecule has 1 unspecified atom stereocenters. The van der Waals surface area contributed by atoms with Crippen molar-refractivity contribution in [2.45, 2.75) is 6.04 Å². The van der Waals surface area contributed by atoms with Crippen molar-refractivity contribution < 1.29 is 9.18 Å². The first-order chi connectivity index (χ1) is 6.56. The van der Waals surface area contributed by atoms with Crippen LogP contribution in [-0.2, 0) is 4.79 Å². The second kappa shape index (κ2) is 4.36. The molecule has 0 aliphatic heterocycles. The summed E-state index contributed by atoms with van der Waals surface area (Å²) in [6, 6.07) is 2.64. The zero-order valence-corrected chi connectivity index (χ0v) is 7.88. The molecule has 1 atom stereocenters. The Kier molecular flexibility index (Phi) is 3.40. The first-order valence-corrected chi connectivity index (χ1v) is 4.15. The lowest BCUT2D eigenvalue weighted by Crippen LogP contribution is -2.38. The van der Waals surface area contributed by atoms with Gasteiger partial charge >= 0.3 is 0 Å². The minimum absolute atomic E-state index is 0.0143. The van der Waals surface area contributed by atoms with Crippen molar-refractivity contribution in [1.82, 2.24) is 5.43 Å². The van der Waals surface area contributed by atoms with Crippen molar-refractivity contribution in [2.75, 3.05) is 0 Å². The van der Waals surface area contributed by atoms with Crippen molar-refractivity contribution in [3.05, 3.63) is 34.6 Å². The van der Waals surface area contributed by atoms with Gasteiger partial charge in [0.15, 0.2) is 0 Å². The normalized spacial score (nSPS) is 12.3. The number of nitrogens with two attached hydrogens (primary N) is 2. The van der Waals surface area contributed by atoms with Crippen LogP contribution in [0.4, 0.5) is 4.39 Å². The van der Waals surface area contributed by atoms with Crippen molar-refractivity contribution >= 4 is 17.5 Å². The molecule has 1 aromatic rings. The number of hydrazine groups is 1. The van der Waals surface area contributed by atoms with Crippen LogP contribution in [0.5, 0.6) is 0 Å². The summed E-state index contributed by atoms with van der Waals surface area (Å²) >= 11 is 5.62. The lowest BCUT2D eigenvalue weighted by molar-refractivity contribution is -0.122. The Bertz CT molecular complexity index is 358. The maximum Gasteiger partial charge on any atom is 0.255 e. The molecule has 1 aromatic carbocycles. The number of halogens is 2. The minimum Gasteiger partial charge on any atom is -0.316 e. The zero-order valence-electron chi connectivity index (χ0n) is 7.13. The molecular weight excluding hydrogens is 209 g/mol. The summed E-state index contributed by atoms with van der Waals surface area (Å²) in [6.07, 6.45) is 0. The second-order valence-corrected chi connectivity index (χ2v) is 3.09. The van der Waals surface area contributed by atoms with Gasteiger partial charge in [-0.15, -0.1) is 0 Å². The van der Waals surface area contributed by atoms with E-state index in [0.29, 0.717) is 5.02 Å². The molecule has 4 nitrogen and oxygen atoms in total.